The van der Waals surface area contributed by atoms with Gasteiger partial charge in [0.1, 0.15) is 0 Å². The molecule has 2 N–H and O–H groups in total. The Balaban J connectivity index is 2.70. The minimum Gasteiger partial charge on any atom is -0.369 e. The number of benzene rings is 1. The monoisotopic (exact) mass is 241 g/mol. The molecule has 1 atom stereocenters. The van der Waals surface area contributed by atoms with Crippen LogP contribution < -0.4 is 5.73 Å². The van der Waals surface area contributed by atoms with Crippen molar-refractivity contribution in [2.75, 3.05) is 5.75 Å². The lowest BCUT2D eigenvalue weighted by Gasteiger charge is -2.08. The van der Waals surface area contributed by atoms with Gasteiger partial charge in [-0.25, -0.2) is 8.42 Å². The first-order valence-corrected chi connectivity index (χ1v) is 6.76. The quantitative estimate of drug-likeness (QED) is 0.825. The number of amides is 1. The molecule has 0 aliphatic carbocycles. The second-order valence-electron chi connectivity index (χ2n) is 3.84. The van der Waals surface area contributed by atoms with Gasteiger partial charge in [-0.15, -0.1) is 0 Å². The van der Waals surface area contributed by atoms with Gasteiger partial charge in [0.2, 0.25) is 5.91 Å². The summed E-state index contributed by atoms with van der Waals surface area (Å²) in [5, 5.41) is 0. The highest BCUT2D eigenvalue weighted by Gasteiger charge is 2.19. The van der Waals surface area contributed by atoms with Crippen LogP contribution in [0.4, 0.5) is 0 Å². The van der Waals surface area contributed by atoms with Crippen molar-refractivity contribution in [3.05, 3.63) is 35.9 Å². The molecule has 4 nitrogen and oxygen atoms in total. The topological polar surface area (TPSA) is 77.2 Å². The molecular formula is C11H15NO3S. The predicted molar refractivity (Wildman–Crippen MR) is 62.3 cm³/mol. The van der Waals surface area contributed by atoms with E-state index in [1.165, 1.54) is 6.92 Å². The van der Waals surface area contributed by atoms with Crippen LogP contribution in [0.1, 0.15) is 12.5 Å². The van der Waals surface area contributed by atoms with Crippen molar-refractivity contribution in [3.8, 4) is 0 Å². The van der Waals surface area contributed by atoms with Gasteiger partial charge >= 0.3 is 0 Å². The van der Waals surface area contributed by atoms with Gasteiger partial charge in [-0.05, 0) is 5.56 Å². The molecule has 0 aliphatic heterocycles. The summed E-state index contributed by atoms with van der Waals surface area (Å²) < 4.78 is 23.4. The molecule has 1 rings (SSSR count). The summed E-state index contributed by atoms with van der Waals surface area (Å²) in [5.74, 6) is -1.48. The molecule has 0 aliphatic rings. The first-order chi connectivity index (χ1) is 7.41. The maximum absolute atomic E-state index is 11.7. The fraction of sp³-hybridized carbons (Fsp3) is 0.364. The average Bonchev–Trinajstić information content (AvgIpc) is 2.17. The first-order valence-electron chi connectivity index (χ1n) is 4.94. The Morgan fingerprint density at radius 2 is 1.88 bits per heavy atom. The summed E-state index contributed by atoms with van der Waals surface area (Å²) in [7, 11) is -3.28. The second kappa shape index (κ2) is 5.12. The zero-order valence-corrected chi connectivity index (χ0v) is 9.91. The van der Waals surface area contributed by atoms with Gasteiger partial charge in [-0.1, -0.05) is 37.3 Å². The molecule has 0 saturated heterocycles. The number of primary amides is 1. The fourth-order valence-corrected chi connectivity index (χ4v) is 3.09. The van der Waals surface area contributed by atoms with Gasteiger partial charge in [-0.2, -0.15) is 0 Å². The van der Waals surface area contributed by atoms with Crippen LogP contribution in [-0.2, 0) is 20.4 Å². The largest absolute Gasteiger partial charge is 0.369 e. The van der Waals surface area contributed by atoms with E-state index >= 15 is 0 Å². The lowest BCUT2D eigenvalue weighted by molar-refractivity contribution is -0.120. The smallest absolute Gasteiger partial charge is 0.221 e. The van der Waals surface area contributed by atoms with Crippen LogP contribution in [-0.4, -0.2) is 20.1 Å². The Morgan fingerprint density at radius 3 is 2.38 bits per heavy atom. The molecule has 1 unspecified atom stereocenters. The van der Waals surface area contributed by atoms with E-state index in [9.17, 15) is 13.2 Å². The van der Waals surface area contributed by atoms with Crippen molar-refractivity contribution in [1.82, 2.24) is 0 Å². The molecule has 0 heterocycles. The first kappa shape index (κ1) is 12.7. The summed E-state index contributed by atoms with van der Waals surface area (Å²) >= 11 is 0. The number of nitrogens with two attached hydrogens (primary N) is 1. The number of hydrogen-bond acceptors (Lipinski definition) is 3. The summed E-state index contributed by atoms with van der Waals surface area (Å²) in [5.41, 5.74) is 5.75. The molecule has 5 heteroatoms. The Bertz CT molecular complexity index is 453. The lowest BCUT2D eigenvalue weighted by atomic mass is 10.2. The van der Waals surface area contributed by atoms with Gasteiger partial charge < -0.3 is 5.73 Å². The SMILES string of the molecule is CC(CS(=O)(=O)Cc1ccccc1)C(N)=O. The normalized spacial score (nSPS) is 13.3. The molecule has 0 spiro atoms. The van der Waals surface area contributed by atoms with E-state index in [4.69, 9.17) is 5.73 Å². The maximum Gasteiger partial charge on any atom is 0.221 e. The fourth-order valence-electron chi connectivity index (χ4n) is 1.35. The maximum atomic E-state index is 11.7. The molecular weight excluding hydrogens is 226 g/mol. The minimum atomic E-state index is -3.28. The summed E-state index contributed by atoms with van der Waals surface area (Å²) in [6.07, 6.45) is 0. The van der Waals surface area contributed by atoms with E-state index in [1.54, 1.807) is 24.3 Å². The Morgan fingerprint density at radius 1 is 1.31 bits per heavy atom. The van der Waals surface area contributed by atoms with Gasteiger partial charge in [0.05, 0.1) is 11.5 Å². The molecule has 0 bridgehead atoms. The zero-order valence-electron chi connectivity index (χ0n) is 9.09. The zero-order chi connectivity index (χ0) is 12.2. The van der Waals surface area contributed by atoms with Gasteiger partial charge in [0.25, 0.3) is 0 Å². The molecule has 16 heavy (non-hydrogen) atoms. The average molecular weight is 241 g/mol. The van der Waals surface area contributed by atoms with Crippen LogP contribution >= 0.6 is 0 Å². The van der Waals surface area contributed by atoms with E-state index in [0.29, 0.717) is 0 Å². The standard InChI is InChI=1S/C11H15NO3S/c1-9(11(12)13)7-16(14,15)8-10-5-3-2-4-6-10/h2-6,9H,7-8H2,1H3,(H2,12,13). The third-order valence-corrected chi connectivity index (χ3v) is 4.00. The van der Waals surface area contributed by atoms with Gasteiger partial charge in [0, 0.05) is 5.92 Å². The molecule has 0 aromatic heterocycles. The Kier molecular flexibility index (Phi) is 4.06. The van der Waals surface area contributed by atoms with E-state index < -0.39 is 21.7 Å². The Hall–Kier alpha value is -1.36. The number of carbonyl (C=O) groups is 1. The molecule has 1 aromatic carbocycles. The van der Waals surface area contributed by atoms with E-state index in [-0.39, 0.29) is 11.5 Å². The highest BCUT2D eigenvalue weighted by molar-refractivity contribution is 7.90. The lowest BCUT2D eigenvalue weighted by Crippen LogP contribution is -2.27. The molecule has 0 saturated carbocycles. The predicted octanol–water partition coefficient (Wildman–Crippen LogP) is 0.723. The van der Waals surface area contributed by atoms with Crippen LogP contribution in [0.25, 0.3) is 0 Å². The molecule has 0 fully saturated rings. The van der Waals surface area contributed by atoms with Crippen LogP contribution in [0, 0.1) is 5.92 Å². The summed E-state index contributed by atoms with van der Waals surface area (Å²) in [6.45, 7) is 1.52. The van der Waals surface area contributed by atoms with E-state index in [0.717, 1.165) is 5.56 Å². The highest BCUT2D eigenvalue weighted by Crippen LogP contribution is 2.09. The molecule has 0 radical (unpaired) electrons. The van der Waals surface area contributed by atoms with Crippen molar-refractivity contribution in [3.63, 3.8) is 0 Å². The van der Waals surface area contributed by atoms with Gasteiger partial charge in [0.15, 0.2) is 9.84 Å². The molecule has 1 aromatic rings. The van der Waals surface area contributed by atoms with Gasteiger partial charge in [-0.3, -0.25) is 4.79 Å². The summed E-state index contributed by atoms with van der Waals surface area (Å²) in [4.78, 5) is 10.8. The van der Waals surface area contributed by atoms with Crippen molar-refractivity contribution in [2.45, 2.75) is 12.7 Å². The summed E-state index contributed by atoms with van der Waals surface area (Å²) in [6, 6.07) is 8.87. The molecule has 88 valence electrons. The van der Waals surface area contributed by atoms with E-state index in [2.05, 4.69) is 0 Å². The molecule has 1 amide bonds. The van der Waals surface area contributed by atoms with Crippen molar-refractivity contribution < 1.29 is 13.2 Å². The van der Waals surface area contributed by atoms with Crippen molar-refractivity contribution in [1.29, 1.82) is 0 Å². The third-order valence-electron chi connectivity index (χ3n) is 2.22. The van der Waals surface area contributed by atoms with Crippen LogP contribution in [0.15, 0.2) is 30.3 Å². The van der Waals surface area contributed by atoms with Crippen LogP contribution in [0.2, 0.25) is 0 Å². The third kappa shape index (κ3) is 4.02. The van der Waals surface area contributed by atoms with Crippen LogP contribution in [0.5, 0.6) is 0 Å². The number of hydrogen-bond donors (Lipinski definition) is 1. The van der Waals surface area contributed by atoms with Crippen molar-refractivity contribution in [2.24, 2.45) is 11.7 Å². The Labute approximate surface area is 95.4 Å². The number of rotatable bonds is 5. The highest BCUT2D eigenvalue weighted by atomic mass is 32.2. The van der Waals surface area contributed by atoms with E-state index in [1.807, 2.05) is 6.07 Å². The number of sulfone groups is 1. The van der Waals surface area contributed by atoms with Crippen LogP contribution in [0.3, 0.4) is 0 Å². The minimum absolute atomic E-state index is 0.0501. The number of carbonyl (C=O) groups excluding carboxylic acids is 1. The second-order valence-corrected chi connectivity index (χ2v) is 5.95. The van der Waals surface area contributed by atoms with Crippen molar-refractivity contribution >= 4 is 15.7 Å².